The van der Waals surface area contributed by atoms with E-state index in [4.69, 9.17) is 4.42 Å². The number of halogens is 1. The lowest BCUT2D eigenvalue weighted by atomic mass is 10.1. The number of carbonyl (C=O) groups excluding carboxylic acids is 2. The van der Waals surface area contributed by atoms with E-state index in [1.807, 2.05) is 18.7 Å². The van der Waals surface area contributed by atoms with Crippen molar-refractivity contribution in [1.29, 1.82) is 0 Å². The zero-order valence-corrected chi connectivity index (χ0v) is 20.6. The highest BCUT2D eigenvalue weighted by atomic mass is 32.1. The molecule has 1 aliphatic rings. The summed E-state index contributed by atoms with van der Waals surface area (Å²) in [5, 5.41) is 3.18. The largest absolute Gasteiger partial charge is 0.459 e. The predicted molar refractivity (Wildman–Crippen MR) is 135 cm³/mol. The number of nitrogens with zero attached hydrogens (tertiary/aromatic N) is 4. The molecule has 2 amide bonds. The van der Waals surface area contributed by atoms with Gasteiger partial charge in [-0.05, 0) is 38.1 Å². The van der Waals surface area contributed by atoms with Crippen LogP contribution in [0.5, 0.6) is 0 Å². The molecule has 0 saturated carbocycles. The number of rotatable bonds is 5. The Balaban J connectivity index is 1.42. The maximum absolute atomic E-state index is 15.3. The van der Waals surface area contributed by atoms with Gasteiger partial charge in [-0.2, -0.15) is 0 Å². The predicted octanol–water partition coefficient (Wildman–Crippen LogP) is 3.73. The molecule has 3 aromatic heterocycles. The molecular weight excluding hydrogens is 485 g/mol. The van der Waals surface area contributed by atoms with Crippen LogP contribution in [-0.4, -0.2) is 52.4 Å². The lowest BCUT2D eigenvalue weighted by molar-refractivity contribution is 0.0714. The number of anilines is 2. The van der Waals surface area contributed by atoms with Crippen LogP contribution in [0.3, 0.4) is 0 Å². The maximum atomic E-state index is 15.3. The number of aromatic nitrogens is 2. The number of amides is 2. The molecule has 1 N–H and O–H groups in total. The van der Waals surface area contributed by atoms with Crippen molar-refractivity contribution in [2.24, 2.45) is 0 Å². The third kappa shape index (κ3) is 4.37. The number of pyridine rings is 1. The molecule has 186 valence electrons. The third-order valence-electron chi connectivity index (χ3n) is 6.22. The summed E-state index contributed by atoms with van der Waals surface area (Å²) >= 11 is 1.30. The topological polar surface area (TPSA) is 101 Å². The summed E-state index contributed by atoms with van der Waals surface area (Å²) in [6, 6.07) is 6.12. The standard InChI is InChI=1S/C25H24FN5O4S/c1-3-29-14-17(23(33)28-25-27-13-15(2)36-25)22(32)16-11-18(26)20(12-19(16)29)30-6-8-31(9-7-30)24(34)21-5-4-10-35-21/h4-5,10-14H,3,6-9H2,1-2H3,(H,27,28,33). The van der Waals surface area contributed by atoms with Crippen molar-refractivity contribution in [2.75, 3.05) is 36.4 Å². The van der Waals surface area contributed by atoms with Crippen LogP contribution < -0.4 is 15.6 Å². The lowest BCUT2D eigenvalue weighted by Gasteiger charge is -2.36. The number of aryl methyl sites for hydroxylation is 2. The number of benzene rings is 1. The maximum Gasteiger partial charge on any atom is 0.289 e. The molecule has 0 aliphatic carbocycles. The van der Waals surface area contributed by atoms with Gasteiger partial charge in [0.25, 0.3) is 11.8 Å². The van der Waals surface area contributed by atoms with Crippen molar-refractivity contribution in [2.45, 2.75) is 20.4 Å². The first-order valence-corrected chi connectivity index (χ1v) is 12.4. The Labute approximate surface area is 209 Å². The summed E-state index contributed by atoms with van der Waals surface area (Å²) in [6.07, 6.45) is 4.59. The molecule has 11 heteroatoms. The molecular formula is C25H24FN5O4S. The Morgan fingerprint density at radius 1 is 1.22 bits per heavy atom. The van der Waals surface area contributed by atoms with Crippen LogP contribution in [-0.2, 0) is 6.54 Å². The fourth-order valence-corrected chi connectivity index (χ4v) is 5.01. The molecule has 0 bridgehead atoms. The van der Waals surface area contributed by atoms with E-state index in [-0.39, 0.29) is 22.6 Å². The second kappa shape index (κ2) is 9.57. The number of piperazine rings is 1. The molecule has 1 fully saturated rings. The first-order valence-electron chi connectivity index (χ1n) is 11.5. The molecule has 9 nitrogen and oxygen atoms in total. The van der Waals surface area contributed by atoms with Crippen LogP contribution in [0, 0.1) is 12.7 Å². The minimum atomic E-state index is -0.583. The summed E-state index contributed by atoms with van der Waals surface area (Å²) in [6.45, 7) is 5.91. The van der Waals surface area contributed by atoms with Crippen molar-refractivity contribution in [3.8, 4) is 0 Å². The van der Waals surface area contributed by atoms with E-state index in [0.29, 0.717) is 49.1 Å². The molecule has 1 saturated heterocycles. The van der Waals surface area contributed by atoms with Crippen LogP contribution in [0.15, 0.2) is 52.1 Å². The van der Waals surface area contributed by atoms with E-state index in [0.717, 1.165) is 4.88 Å². The van der Waals surface area contributed by atoms with Gasteiger partial charge in [0.1, 0.15) is 11.4 Å². The van der Waals surface area contributed by atoms with E-state index in [1.54, 1.807) is 33.9 Å². The van der Waals surface area contributed by atoms with E-state index in [1.165, 1.54) is 29.9 Å². The zero-order chi connectivity index (χ0) is 25.4. The Morgan fingerprint density at radius 3 is 2.64 bits per heavy atom. The summed E-state index contributed by atoms with van der Waals surface area (Å²) in [5.74, 6) is -1.06. The number of hydrogen-bond donors (Lipinski definition) is 1. The quantitative estimate of drug-likeness (QED) is 0.440. The second-order valence-corrected chi connectivity index (χ2v) is 9.70. The number of carbonyl (C=O) groups is 2. The van der Waals surface area contributed by atoms with Gasteiger partial charge in [-0.3, -0.25) is 19.7 Å². The van der Waals surface area contributed by atoms with Crippen molar-refractivity contribution in [1.82, 2.24) is 14.5 Å². The number of nitrogens with one attached hydrogen (secondary N) is 1. The SMILES string of the molecule is CCn1cc(C(=O)Nc2ncc(C)s2)c(=O)c2cc(F)c(N3CCN(C(=O)c4ccco4)CC3)cc21. The van der Waals surface area contributed by atoms with Gasteiger partial charge in [-0.15, -0.1) is 11.3 Å². The van der Waals surface area contributed by atoms with Gasteiger partial charge >= 0.3 is 0 Å². The molecule has 0 radical (unpaired) electrons. The van der Waals surface area contributed by atoms with Gasteiger partial charge in [0, 0.05) is 55.4 Å². The average molecular weight is 510 g/mol. The van der Waals surface area contributed by atoms with Crippen molar-refractivity contribution >= 4 is 44.9 Å². The molecule has 0 atom stereocenters. The highest BCUT2D eigenvalue weighted by Gasteiger charge is 2.26. The number of furan rings is 1. The van der Waals surface area contributed by atoms with Crippen LogP contribution in [0.2, 0.25) is 0 Å². The van der Waals surface area contributed by atoms with Crippen LogP contribution in [0.1, 0.15) is 32.7 Å². The van der Waals surface area contributed by atoms with Crippen molar-refractivity contribution in [3.05, 3.63) is 75.2 Å². The van der Waals surface area contributed by atoms with Crippen LogP contribution >= 0.6 is 11.3 Å². The monoisotopic (exact) mass is 509 g/mol. The normalized spacial score (nSPS) is 13.9. The average Bonchev–Trinajstić information content (AvgIpc) is 3.56. The Hall–Kier alpha value is -3.99. The molecule has 1 aromatic carbocycles. The number of thiazole rings is 1. The van der Waals surface area contributed by atoms with Gasteiger partial charge in [-0.25, -0.2) is 9.37 Å². The summed E-state index contributed by atoms with van der Waals surface area (Å²) in [5.41, 5.74) is 0.272. The van der Waals surface area contributed by atoms with E-state index < -0.39 is 17.2 Å². The van der Waals surface area contributed by atoms with Gasteiger partial charge in [0.2, 0.25) is 5.43 Å². The summed E-state index contributed by atoms with van der Waals surface area (Å²) in [7, 11) is 0. The van der Waals surface area contributed by atoms with Crippen LogP contribution in [0.4, 0.5) is 15.2 Å². The smallest absolute Gasteiger partial charge is 0.289 e. The number of hydrogen-bond acceptors (Lipinski definition) is 7. The van der Waals surface area contributed by atoms with E-state index in [2.05, 4.69) is 10.3 Å². The minimum absolute atomic E-state index is 0.0746. The molecule has 4 heterocycles. The Bertz CT molecular complexity index is 1500. The minimum Gasteiger partial charge on any atom is -0.459 e. The molecule has 1 aliphatic heterocycles. The van der Waals surface area contributed by atoms with Gasteiger partial charge in [-0.1, -0.05) is 0 Å². The molecule has 5 rings (SSSR count). The van der Waals surface area contributed by atoms with E-state index >= 15 is 4.39 Å². The molecule has 4 aromatic rings. The van der Waals surface area contributed by atoms with Crippen molar-refractivity contribution < 1.29 is 18.4 Å². The van der Waals surface area contributed by atoms with Gasteiger partial charge in [0.05, 0.1) is 17.5 Å². The summed E-state index contributed by atoms with van der Waals surface area (Å²) < 4.78 is 22.2. The fourth-order valence-electron chi connectivity index (χ4n) is 4.35. The van der Waals surface area contributed by atoms with Gasteiger partial charge in [0.15, 0.2) is 10.9 Å². The summed E-state index contributed by atoms with van der Waals surface area (Å²) in [4.78, 5) is 47.1. The van der Waals surface area contributed by atoms with Crippen molar-refractivity contribution in [3.63, 3.8) is 0 Å². The highest BCUT2D eigenvalue weighted by Crippen LogP contribution is 2.27. The molecule has 36 heavy (non-hydrogen) atoms. The molecule has 0 unspecified atom stereocenters. The van der Waals surface area contributed by atoms with Gasteiger partial charge < -0.3 is 18.8 Å². The third-order valence-corrected chi connectivity index (χ3v) is 7.04. The van der Waals surface area contributed by atoms with Crippen LogP contribution in [0.25, 0.3) is 10.9 Å². The first kappa shape index (κ1) is 23.7. The Kier molecular flexibility index (Phi) is 6.31. The second-order valence-electron chi connectivity index (χ2n) is 8.47. The zero-order valence-electron chi connectivity index (χ0n) is 19.8. The molecule has 0 spiro atoms. The fraction of sp³-hybridized carbons (Fsp3) is 0.280. The van der Waals surface area contributed by atoms with E-state index in [9.17, 15) is 14.4 Å². The number of fused-ring (bicyclic) bond motifs is 1. The lowest BCUT2D eigenvalue weighted by Crippen LogP contribution is -2.49. The first-order chi connectivity index (χ1) is 17.4. The Morgan fingerprint density at radius 2 is 2.00 bits per heavy atom. The highest BCUT2D eigenvalue weighted by molar-refractivity contribution is 7.15.